The molecule has 0 fully saturated rings. The van der Waals surface area contributed by atoms with Gasteiger partial charge in [-0.05, 0) is 18.2 Å². The van der Waals surface area contributed by atoms with E-state index in [1.165, 1.54) is 30.6 Å². The van der Waals surface area contributed by atoms with Crippen molar-refractivity contribution in [3.8, 4) is 17.5 Å². The van der Waals surface area contributed by atoms with E-state index in [2.05, 4.69) is 15.3 Å². The van der Waals surface area contributed by atoms with Crippen molar-refractivity contribution < 1.29 is 18.0 Å². The van der Waals surface area contributed by atoms with Crippen molar-refractivity contribution in [2.45, 2.75) is 6.18 Å². The molecular weight excluding hydrogens is 381 g/mol. The van der Waals surface area contributed by atoms with Crippen LogP contribution < -0.4 is 5.32 Å². The van der Waals surface area contributed by atoms with Gasteiger partial charge in [0.25, 0.3) is 5.91 Å². The number of hydrogen-bond donors (Lipinski definition) is 1. The van der Waals surface area contributed by atoms with Gasteiger partial charge in [0.1, 0.15) is 11.6 Å². The van der Waals surface area contributed by atoms with Crippen LogP contribution in [0.25, 0.3) is 17.5 Å². The number of nitriles is 1. The fourth-order valence-electron chi connectivity index (χ4n) is 2.49. The number of aromatic nitrogens is 2. The fourth-order valence-corrected chi connectivity index (χ4v) is 2.49. The molecule has 5 nitrogen and oxygen atoms in total. The van der Waals surface area contributed by atoms with E-state index in [9.17, 15) is 23.2 Å². The van der Waals surface area contributed by atoms with Crippen molar-refractivity contribution in [2.24, 2.45) is 0 Å². The Morgan fingerprint density at radius 1 is 1.00 bits per heavy atom. The Balaban J connectivity index is 1.82. The van der Waals surface area contributed by atoms with E-state index in [-0.39, 0.29) is 5.57 Å². The zero-order valence-electron chi connectivity index (χ0n) is 14.8. The molecule has 3 aromatic rings. The lowest BCUT2D eigenvalue weighted by Crippen LogP contribution is -2.17. The van der Waals surface area contributed by atoms with Crippen molar-refractivity contribution >= 4 is 17.7 Å². The van der Waals surface area contributed by atoms with Crippen LogP contribution in [0.1, 0.15) is 11.1 Å². The first-order valence-corrected chi connectivity index (χ1v) is 8.35. The summed E-state index contributed by atoms with van der Waals surface area (Å²) in [5.74, 6) is -0.499. The predicted octanol–water partition coefficient (Wildman–Crippen LogP) is 4.71. The summed E-state index contributed by atoms with van der Waals surface area (Å²) in [4.78, 5) is 20.7. The van der Waals surface area contributed by atoms with Crippen molar-refractivity contribution in [1.29, 1.82) is 5.26 Å². The average Bonchev–Trinajstić information content (AvgIpc) is 2.72. The van der Waals surface area contributed by atoms with Crippen LogP contribution in [-0.4, -0.2) is 15.9 Å². The Morgan fingerprint density at radius 3 is 2.24 bits per heavy atom. The first-order valence-electron chi connectivity index (χ1n) is 8.35. The first kappa shape index (κ1) is 19.8. The number of para-hydroxylation sites is 1. The van der Waals surface area contributed by atoms with Crippen LogP contribution in [0.15, 0.2) is 72.6 Å². The Kier molecular flexibility index (Phi) is 5.69. The van der Waals surface area contributed by atoms with Crippen LogP contribution in [-0.2, 0) is 11.0 Å². The standard InChI is InChI=1S/C21H13F3N4O/c22-21(23,24)17-8-4-5-9-18(17)28-20(29)16(11-25)10-14-12-26-19(27-13-14)15-6-2-1-3-7-15/h1-10,12-13H,(H,28,29)/b16-10+. The SMILES string of the molecule is N#C/C(=C\c1cnc(-c2ccccc2)nc1)C(=O)Nc1ccccc1C(F)(F)F. The Morgan fingerprint density at radius 2 is 1.62 bits per heavy atom. The van der Waals surface area contributed by atoms with E-state index in [4.69, 9.17) is 0 Å². The normalized spacial score (nSPS) is 11.6. The Labute approximate surface area is 164 Å². The van der Waals surface area contributed by atoms with Crippen LogP contribution >= 0.6 is 0 Å². The summed E-state index contributed by atoms with van der Waals surface area (Å²) >= 11 is 0. The monoisotopic (exact) mass is 394 g/mol. The van der Waals surface area contributed by atoms with Crippen LogP contribution in [0.4, 0.5) is 18.9 Å². The van der Waals surface area contributed by atoms with Gasteiger partial charge in [0, 0.05) is 23.5 Å². The van der Waals surface area contributed by atoms with Gasteiger partial charge in [0.15, 0.2) is 5.82 Å². The fraction of sp³-hybridized carbons (Fsp3) is 0.0476. The Hall–Kier alpha value is -3.99. The molecule has 0 aliphatic heterocycles. The number of halogens is 3. The summed E-state index contributed by atoms with van der Waals surface area (Å²) in [5.41, 5.74) is -0.647. The third-order valence-corrected chi connectivity index (χ3v) is 3.86. The molecule has 144 valence electrons. The van der Waals surface area contributed by atoms with Gasteiger partial charge in [-0.1, -0.05) is 42.5 Å². The molecule has 0 unspecified atom stereocenters. The molecule has 2 aromatic carbocycles. The number of carbonyl (C=O) groups excluding carboxylic acids is 1. The van der Waals surface area contributed by atoms with E-state index in [0.717, 1.165) is 17.7 Å². The highest BCUT2D eigenvalue weighted by Gasteiger charge is 2.33. The number of carbonyl (C=O) groups is 1. The van der Waals surface area contributed by atoms with E-state index in [1.807, 2.05) is 30.3 Å². The number of hydrogen-bond acceptors (Lipinski definition) is 4. The average molecular weight is 394 g/mol. The summed E-state index contributed by atoms with van der Waals surface area (Å²) < 4.78 is 39.2. The molecule has 3 rings (SSSR count). The van der Waals surface area contributed by atoms with E-state index in [1.54, 1.807) is 6.07 Å². The minimum Gasteiger partial charge on any atom is -0.321 e. The van der Waals surface area contributed by atoms with Crippen molar-refractivity contribution in [2.75, 3.05) is 5.32 Å². The van der Waals surface area contributed by atoms with E-state index < -0.39 is 23.3 Å². The largest absolute Gasteiger partial charge is 0.418 e. The molecule has 0 radical (unpaired) electrons. The second-order valence-corrected chi connectivity index (χ2v) is 5.87. The lowest BCUT2D eigenvalue weighted by Gasteiger charge is -2.13. The molecule has 1 aromatic heterocycles. The highest BCUT2D eigenvalue weighted by molar-refractivity contribution is 6.10. The molecular formula is C21H13F3N4O. The number of nitrogens with zero attached hydrogens (tertiary/aromatic N) is 3. The van der Waals surface area contributed by atoms with Crippen LogP contribution in [0.3, 0.4) is 0 Å². The van der Waals surface area contributed by atoms with Gasteiger partial charge in [0.2, 0.25) is 0 Å². The molecule has 0 spiro atoms. The molecule has 8 heteroatoms. The number of alkyl halides is 3. The van der Waals surface area contributed by atoms with Gasteiger partial charge in [-0.15, -0.1) is 0 Å². The topological polar surface area (TPSA) is 78.7 Å². The van der Waals surface area contributed by atoms with Gasteiger partial charge in [-0.3, -0.25) is 4.79 Å². The Bertz CT molecular complexity index is 1090. The molecule has 1 amide bonds. The molecule has 0 bridgehead atoms. The van der Waals surface area contributed by atoms with Crippen LogP contribution in [0.2, 0.25) is 0 Å². The maximum Gasteiger partial charge on any atom is 0.418 e. The van der Waals surface area contributed by atoms with Gasteiger partial charge < -0.3 is 5.32 Å². The minimum atomic E-state index is -4.64. The number of amides is 1. The van der Waals surface area contributed by atoms with Crippen molar-refractivity contribution in [3.05, 3.63) is 83.7 Å². The molecule has 0 saturated heterocycles. The second kappa shape index (κ2) is 8.35. The second-order valence-electron chi connectivity index (χ2n) is 5.87. The zero-order valence-corrected chi connectivity index (χ0v) is 14.8. The number of benzene rings is 2. The smallest absolute Gasteiger partial charge is 0.321 e. The van der Waals surface area contributed by atoms with Crippen LogP contribution in [0.5, 0.6) is 0 Å². The summed E-state index contributed by atoms with van der Waals surface area (Å²) in [5, 5.41) is 11.4. The predicted molar refractivity (Wildman–Crippen MR) is 101 cm³/mol. The van der Waals surface area contributed by atoms with Crippen molar-refractivity contribution in [1.82, 2.24) is 9.97 Å². The molecule has 0 atom stereocenters. The summed E-state index contributed by atoms with van der Waals surface area (Å²) in [6.07, 6.45) is -0.588. The van der Waals surface area contributed by atoms with Gasteiger partial charge in [-0.25, -0.2) is 9.97 Å². The highest BCUT2D eigenvalue weighted by atomic mass is 19.4. The molecule has 0 aliphatic rings. The molecule has 0 aliphatic carbocycles. The number of anilines is 1. The summed E-state index contributed by atoms with van der Waals surface area (Å²) in [6.45, 7) is 0. The lowest BCUT2D eigenvalue weighted by atomic mass is 10.1. The first-order chi connectivity index (χ1) is 13.9. The highest BCUT2D eigenvalue weighted by Crippen LogP contribution is 2.34. The molecule has 1 N–H and O–H groups in total. The van der Waals surface area contributed by atoms with Gasteiger partial charge in [0.05, 0.1) is 11.3 Å². The quantitative estimate of drug-likeness (QED) is 0.514. The maximum absolute atomic E-state index is 13.1. The maximum atomic E-state index is 13.1. The number of nitrogens with one attached hydrogen (secondary N) is 1. The van der Waals surface area contributed by atoms with Gasteiger partial charge >= 0.3 is 6.18 Å². The summed E-state index contributed by atoms with van der Waals surface area (Å²) in [7, 11) is 0. The van der Waals surface area contributed by atoms with Gasteiger partial charge in [-0.2, -0.15) is 18.4 Å². The van der Waals surface area contributed by atoms with Crippen molar-refractivity contribution in [3.63, 3.8) is 0 Å². The van der Waals surface area contributed by atoms with Crippen LogP contribution in [0, 0.1) is 11.3 Å². The molecule has 1 heterocycles. The minimum absolute atomic E-state index is 0.362. The molecule has 29 heavy (non-hydrogen) atoms. The van der Waals surface area contributed by atoms with E-state index >= 15 is 0 Å². The number of rotatable bonds is 4. The zero-order chi connectivity index (χ0) is 20.9. The third-order valence-electron chi connectivity index (χ3n) is 3.86. The van der Waals surface area contributed by atoms with E-state index in [0.29, 0.717) is 11.4 Å². The summed E-state index contributed by atoms with van der Waals surface area (Å²) in [6, 6.07) is 15.4. The molecule has 0 saturated carbocycles. The lowest BCUT2D eigenvalue weighted by molar-refractivity contribution is -0.137. The third kappa shape index (κ3) is 4.84.